The van der Waals surface area contributed by atoms with E-state index in [4.69, 9.17) is 0 Å². The molecule has 2 N–H and O–H groups in total. The van der Waals surface area contributed by atoms with Gasteiger partial charge in [0.25, 0.3) is 0 Å². The summed E-state index contributed by atoms with van der Waals surface area (Å²) in [5.41, 5.74) is 3.61. The second-order valence-corrected chi connectivity index (χ2v) is 6.85. The van der Waals surface area contributed by atoms with E-state index >= 15 is 0 Å². The van der Waals surface area contributed by atoms with Gasteiger partial charge in [0.2, 0.25) is 5.91 Å². The summed E-state index contributed by atoms with van der Waals surface area (Å²) in [5, 5.41) is 8.55. The molecule has 0 atom stereocenters. The number of urea groups is 1. The number of amides is 3. The van der Waals surface area contributed by atoms with Crippen LogP contribution in [0.2, 0.25) is 0 Å². The molecule has 126 valence electrons. The molecule has 6 nitrogen and oxygen atoms in total. The van der Waals surface area contributed by atoms with Crippen LogP contribution >= 0.6 is 11.3 Å². The third-order valence-electron chi connectivity index (χ3n) is 3.93. The van der Waals surface area contributed by atoms with Crippen LogP contribution in [0, 0.1) is 6.92 Å². The van der Waals surface area contributed by atoms with Crippen molar-refractivity contribution in [2.45, 2.75) is 33.2 Å². The Hall–Kier alpha value is -2.41. The van der Waals surface area contributed by atoms with Gasteiger partial charge in [-0.25, -0.2) is 9.78 Å². The average molecular weight is 344 g/mol. The molecule has 0 radical (unpaired) electrons. The minimum atomic E-state index is -0.264. The molecule has 0 fully saturated rings. The molecule has 0 saturated carbocycles. The van der Waals surface area contributed by atoms with Crippen LogP contribution < -0.4 is 15.5 Å². The number of aryl methyl sites for hydroxylation is 2. The van der Waals surface area contributed by atoms with Crippen LogP contribution in [0.3, 0.4) is 0 Å². The lowest BCUT2D eigenvalue weighted by Gasteiger charge is -2.28. The van der Waals surface area contributed by atoms with Crippen LogP contribution in [0.5, 0.6) is 0 Å². The largest absolute Gasteiger partial charge is 0.332 e. The highest BCUT2D eigenvalue weighted by molar-refractivity contribution is 7.09. The van der Waals surface area contributed by atoms with Crippen LogP contribution in [0.1, 0.15) is 29.6 Å². The molecule has 1 aliphatic heterocycles. The maximum absolute atomic E-state index is 12.0. The summed E-state index contributed by atoms with van der Waals surface area (Å²) in [7, 11) is 0. The Morgan fingerprint density at radius 1 is 1.38 bits per heavy atom. The van der Waals surface area contributed by atoms with E-state index in [1.165, 1.54) is 0 Å². The van der Waals surface area contributed by atoms with Crippen molar-refractivity contribution >= 4 is 34.6 Å². The Labute approximate surface area is 144 Å². The number of benzene rings is 1. The number of aromatic nitrogens is 1. The Morgan fingerprint density at radius 2 is 2.21 bits per heavy atom. The lowest BCUT2D eigenvalue weighted by atomic mass is 10.0. The average Bonchev–Trinajstić information content (AvgIpc) is 2.97. The number of thiazole rings is 1. The van der Waals surface area contributed by atoms with Gasteiger partial charge in [-0.05, 0) is 43.5 Å². The molecule has 1 aromatic carbocycles. The van der Waals surface area contributed by atoms with E-state index in [1.54, 1.807) is 23.2 Å². The highest BCUT2D eigenvalue weighted by atomic mass is 32.1. The number of anilines is 2. The van der Waals surface area contributed by atoms with Crippen LogP contribution in [-0.2, 0) is 17.8 Å². The molecule has 0 unspecified atom stereocenters. The predicted octanol–water partition coefficient (Wildman–Crippen LogP) is 3.07. The number of nitrogens with zero attached hydrogens (tertiary/aromatic N) is 2. The number of nitrogens with one attached hydrogen (secondary N) is 2. The van der Waals surface area contributed by atoms with Gasteiger partial charge in [-0.15, -0.1) is 11.3 Å². The summed E-state index contributed by atoms with van der Waals surface area (Å²) >= 11 is 1.56. The zero-order valence-corrected chi connectivity index (χ0v) is 14.6. The number of fused-ring (bicyclic) bond motifs is 1. The highest BCUT2D eigenvalue weighted by Gasteiger charge is 2.20. The quantitative estimate of drug-likeness (QED) is 0.898. The number of carbonyl (C=O) groups excluding carboxylic acids is 2. The summed E-state index contributed by atoms with van der Waals surface area (Å²) in [6.45, 7) is 4.67. The standard InChI is InChI=1S/C17H20N4O2S/c1-11-19-15(10-24-11)9-18-17(23)20-14-5-6-16-13(8-14)4-3-7-21(16)12(2)22/h5-6,8,10H,3-4,7,9H2,1-2H3,(H2,18,20,23). The molecule has 0 spiro atoms. The Morgan fingerprint density at radius 3 is 2.92 bits per heavy atom. The van der Waals surface area contributed by atoms with E-state index in [2.05, 4.69) is 15.6 Å². The second kappa shape index (κ2) is 7.00. The van der Waals surface area contributed by atoms with Gasteiger partial charge in [-0.3, -0.25) is 4.79 Å². The first-order valence-corrected chi connectivity index (χ1v) is 8.78. The minimum Gasteiger partial charge on any atom is -0.332 e. The molecule has 2 heterocycles. The molecule has 24 heavy (non-hydrogen) atoms. The minimum absolute atomic E-state index is 0.0490. The van der Waals surface area contributed by atoms with Gasteiger partial charge < -0.3 is 15.5 Å². The third kappa shape index (κ3) is 3.73. The van der Waals surface area contributed by atoms with Crippen molar-refractivity contribution in [1.82, 2.24) is 10.3 Å². The van der Waals surface area contributed by atoms with Gasteiger partial charge in [-0.1, -0.05) is 0 Å². The van der Waals surface area contributed by atoms with Gasteiger partial charge in [0.1, 0.15) is 0 Å². The number of carbonyl (C=O) groups is 2. The first-order chi connectivity index (χ1) is 11.5. The van der Waals surface area contributed by atoms with Crippen molar-refractivity contribution in [3.05, 3.63) is 39.8 Å². The fourth-order valence-electron chi connectivity index (χ4n) is 2.84. The van der Waals surface area contributed by atoms with Crippen LogP contribution in [0.4, 0.5) is 16.2 Å². The topological polar surface area (TPSA) is 74.3 Å². The monoisotopic (exact) mass is 344 g/mol. The van der Waals surface area contributed by atoms with Crippen molar-refractivity contribution in [2.75, 3.05) is 16.8 Å². The van der Waals surface area contributed by atoms with E-state index < -0.39 is 0 Å². The van der Waals surface area contributed by atoms with E-state index in [0.29, 0.717) is 6.54 Å². The third-order valence-corrected chi connectivity index (χ3v) is 4.76. The molecular formula is C17H20N4O2S. The zero-order valence-electron chi connectivity index (χ0n) is 13.8. The smallest absolute Gasteiger partial charge is 0.319 e. The van der Waals surface area contributed by atoms with Gasteiger partial charge in [0.15, 0.2) is 0 Å². The van der Waals surface area contributed by atoms with E-state index in [-0.39, 0.29) is 11.9 Å². The number of hydrogen-bond acceptors (Lipinski definition) is 4. The van der Waals surface area contributed by atoms with Gasteiger partial charge in [0, 0.05) is 30.2 Å². The summed E-state index contributed by atoms with van der Waals surface area (Å²) < 4.78 is 0. The summed E-state index contributed by atoms with van der Waals surface area (Å²) in [6, 6.07) is 5.40. The van der Waals surface area contributed by atoms with Crippen LogP contribution in [0.15, 0.2) is 23.6 Å². The van der Waals surface area contributed by atoms with Crippen LogP contribution in [-0.4, -0.2) is 23.5 Å². The predicted molar refractivity (Wildman–Crippen MR) is 95.5 cm³/mol. The molecule has 1 aromatic heterocycles. The molecule has 2 aromatic rings. The first kappa shape index (κ1) is 16.4. The van der Waals surface area contributed by atoms with Crippen molar-refractivity contribution in [3.63, 3.8) is 0 Å². The molecular weight excluding hydrogens is 324 g/mol. The van der Waals surface area contributed by atoms with Crippen molar-refractivity contribution in [1.29, 1.82) is 0 Å². The lowest BCUT2D eigenvalue weighted by Crippen LogP contribution is -2.33. The van der Waals surface area contributed by atoms with Gasteiger partial charge in [0.05, 0.1) is 17.2 Å². The van der Waals surface area contributed by atoms with E-state index in [0.717, 1.165) is 47.0 Å². The van der Waals surface area contributed by atoms with Gasteiger partial charge in [-0.2, -0.15) is 0 Å². The van der Waals surface area contributed by atoms with Crippen molar-refractivity contribution < 1.29 is 9.59 Å². The second-order valence-electron chi connectivity index (χ2n) is 5.78. The molecule has 3 rings (SSSR count). The fourth-order valence-corrected chi connectivity index (χ4v) is 3.45. The van der Waals surface area contributed by atoms with E-state index in [1.807, 2.05) is 30.5 Å². The summed E-state index contributed by atoms with van der Waals surface area (Å²) in [4.78, 5) is 29.8. The normalized spacial score (nSPS) is 13.3. The Balaban J connectivity index is 1.63. The Kier molecular flexibility index (Phi) is 4.80. The first-order valence-electron chi connectivity index (χ1n) is 7.90. The molecule has 0 aliphatic carbocycles. The van der Waals surface area contributed by atoms with Crippen molar-refractivity contribution in [2.24, 2.45) is 0 Å². The zero-order chi connectivity index (χ0) is 17.1. The number of hydrogen-bond donors (Lipinski definition) is 2. The Bertz CT molecular complexity index is 772. The molecule has 7 heteroatoms. The molecule has 0 saturated heterocycles. The van der Waals surface area contributed by atoms with E-state index in [9.17, 15) is 9.59 Å². The fraction of sp³-hybridized carbons (Fsp3) is 0.353. The maximum Gasteiger partial charge on any atom is 0.319 e. The SMILES string of the molecule is CC(=O)N1CCCc2cc(NC(=O)NCc3csc(C)n3)ccc21. The molecule has 0 bridgehead atoms. The molecule has 3 amide bonds. The summed E-state index contributed by atoms with van der Waals surface area (Å²) in [5.74, 6) is 0.0490. The number of rotatable bonds is 3. The van der Waals surface area contributed by atoms with Crippen molar-refractivity contribution in [3.8, 4) is 0 Å². The maximum atomic E-state index is 12.0. The summed E-state index contributed by atoms with van der Waals surface area (Å²) in [6.07, 6.45) is 1.85. The highest BCUT2D eigenvalue weighted by Crippen LogP contribution is 2.29. The molecule has 1 aliphatic rings. The lowest BCUT2D eigenvalue weighted by molar-refractivity contribution is -0.116. The van der Waals surface area contributed by atoms with Gasteiger partial charge >= 0.3 is 6.03 Å². The van der Waals surface area contributed by atoms with Crippen LogP contribution in [0.25, 0.3) is 0 Å².